The molecule has 4 nitrogen and oxygen atoms in total. The molecule has 0 amide bonds. The Morgan fingerprint density at radius 1 is 0.690 bits per heavy atom. The SMILES string of the molecule is [2H]C([2H])([2H])c1ccc2c(c1)oc1c(-c3nc4ccccc4n3-c3c(C(C)C)cc(-c4ccccc4)cc3C(C)C)[c-]ccc12.[2H]C([2H])([2H])c1cnc(-c2[c-]cccc2)cc1C([2H])(C)C.[Ir]. The van der Waals surface area contributed by atoms with E-state index in [0.717, 1.165) is 44.4 Å². The van der Waals surface area contributed by atoms with Crippen molar-refractivity contribution >= 4 is 33.0 Å². The third-order valence-corrected chi connectivity index (χ3v) is 10.4. The van der Waals surface area contributed by atoms with Crippen LogP contribution in [0.4, 0.5) is 0 Å². The number of furan rings is 1. The van der Waals surface area contributed by atoms with Crippen LogP contribution >= 0.6 is 0 Å². The van der Waals surface area contributed by atoms with Crippen molar-refractivity contribution in [2.45, 2.75) is 73.0 Å². The van der Waals surface area contributed by atoms with Crippen LogP contribution in [0.2, 0.25) is 0 Å². The fourth-order valence-corrected chi connectivity index (χ4v) is 7.51. The summed E-state index contributed by atoms with van der Waals surface area (Å²) in [4.78, 5) is 9.41. The second-order valence-corrected chi connectivity index (χ2v) is 15.2. The number of aryl methyl sites for hydroxylation is 2. The molecule has 0 saturated carbocycles. The van der Waals surface area contributed by atoms with Gasteiger partial charge in [0, 0.05) is 47.0 Å². The molecule has 0 fully saturated rings. The third kappa shape index (κ3) is 7.82. The second-order valence-electron chi connectivity index (χ2n) is 15.2. The summed E-state index contributed by atoms with van der Waals surface area (Å²) in [5.41, 5.74) is 12.1. The number of fused-ring (bicyclic) bond motifs is 4. The van der Waals surface area contributed by atoms with Gasteiger partial charge in [0.2, 0.25) is 0 Å². The van der Waals surface area contributed by atoms with Gasteiger partial charge < -0.3 is 14.0 Å². The molecule has 293 valence electrons. The molecule has 0 aliphatic heterocycles. The molecule has 9 aromatic rings. The Kier molecular flexibility index (Phi) is 9.53. The van der Waals surface area contributed by atoms with Crippen molar-refractivity contribution in [3.8, 4) is 39.5 Å². The quantitative estimate of drug-likeness (QED) is 0.150. The standard InChI is InChI=1S/C38H33N2O.C15H16N.Ir/c1-23(2)31-21-27(26-12-7-6-8-13-26)22-32(24(3)4)36(31)40-34-17-10-9-16-33(34)39-38(40)30-15-11-14-29-28-19-18-25(5)20-35(28)41-37(29)30;1-11(2)14-9-15(16-10-12(14)3)13-7-5-4-6-8-13;/h6-14,16-24H,1-5H3;4-7,9-11H,1-3H3;/q2*-1;/i5D3;3D3,11D;. The zero-order chi connectivity index (χ0) is 45.7. The van der Waals surface area contributed by atoms with Gasteiger partial charge in [0.05, 0.1) is 22.4 Å². The predicted octanol–water partition coefficient (Wildman–Crippen LogP) is 14.6. The first-order valence-corrected chi connectivity index (χ1v) is 19.4. The van der Waals surface area contributed by atoms with Crippen LogP contribution in [0.1, 0.15) is 96.7 Å². The molecule has 0 N–H and O–H groups in total. The van der Waals surface area contributed by atoms with Crippen LogP contribution in [0.3, 0.4) is 0 Å². The van der Waals surface area contributed by atoms with Gasteiger partial charge in [0.25, 0.3) is 0 Å². The molecule has 0 spiro atoms. The Balaban J connectivity index is 0.000000253. The Bertz CT molecular complexity index is 3100. The number of benzene rings is 6. The summed E-state index contributed by atoms with van der Waals surface area (Å²) in [5, 5.41) is 1.76. The van der Waals surface area contributed by atoms with E-state index in [1.54, 1.807) is 38.1 Å². The van der Waals surface area contributed by atoms with Crippen molar-refractivity contribution in [2.24, 2.45) is 0 Å². The van der Waals surface area contributed by atoms with Crippen molar-refractivity contribution in [2.75, 3.05) is 0 Å². The maximum Gasteiger partial charge on any atom is 0.121 e. The first-order valence-electron chi connectivity index (χ1n) is 22.9. The van der Waals surface area contributed by atoms with Crippen molar-refractivity contribution in [1.82, 2.24) is 14.5 Å². The minimum atomic E-state index is -2.26. The maximum absolute atomic E-state index is 8.16. The van der Waals surface area contributed by atoms with Gasteiger partial charge in [-0.1, -0.05) is 113 Å². The molecule has 1 radical (unpaired) electrons. The van der Waals surface area contributed by atoms with Gasteiger partial charge in [-0.3, -0.25) is 4.98 Å². The van der Waals surface area contributed by atoms with Gasteiger partial charge in [-0.25, -0.2) is 0 Å². The zero-order valence-corrected chi connectivity index (χ0v) is 35.8. The average Bonchev–Trinajstić information content (AvgIpc) is 3.84. The van der Waals surface area contributed by atoms with E-state index >= 15 is 0 Å². The zero-order valence-electron chi connectivity index (χ0n) is 40.4. The normalized spacial score (nSPS) is 13.8. The smallest absolute Gasteiger partial charge is 0.121 e. The number of para-hydroxylation sites is 2. The van der Waals surface area contributed by atoms with Crippen LogP contribution < -0.4 is 0 Å². The van der Waals surface area contributed by atoms with Crippen molar-refractivity contribution in [3.05, 3.63) is 174 Å². The second kappa shape index (κ2) is 17.1. The van der Waals surface area contributed by atoms with Gasteiger partial charge in [-0.15, -0.1) is 54.1 Å². The number of imidazole rings is 1. The minimum absolute atomic E-state index is 0. The molecular weight excluding hydrogens is 887 g/mol. The summed E-state index contributed by atoms with van der Waals surface area (Å²) in [6.45, 7) is 7.83. The van der Waals surface area contributed by atoms with Crippen LogP contribution in [-0.4, -0.2) is 14.5 Å². The Hall–Kier alpha value is -5.61. The number of pyridine rings is 1. The van der Waals surface area contributed by atoms with Gasteiger partial charge in [-0.05, 0) is 106 Å². The number of hydrogen-bond donors (Lipinski definition) is 0. The monoisotopic (exact) mass is 943 g/mol. The summed E-state index contributed by atoms with van der Waals surface area (Å²) in [5.74, 6) is 0.216. The molecule has 6 aromatic carbocycles. The van der Waals surface area contributed by atoms with E-state index in [2.05, 4.69) is 97.9 Å². The maximum atomic E-state index is 8.16. The van der Waals surface area contributed by atoms with Crippen LogP contribution in [-0.2, 0) is 20.1 Å². The first-order chi connectivity index (χ1) is 30.3. The van der Waals surface area contributed by atoms with E-state index in [4.69, 9.17) is 19.0 Å². The van der Waals surface area contributed by atoms with Gasteiger partial charge in [0.15, 0.2) is 0 Å². The van der Waals surface area contributed by atoms with Gasteiger partial charge in [-0.2, -0.15) is 0 Å². The number of aromatic nitrogens is 3. The fraction of sp³-hybridized carbons (Fsp3) is 0.208. The van der Waals surface area contributed by atoms with Gasteiger partial charge >= 0.3 is 0 Å². The van der Waals surface area contributed by atoms with E-state index in [-0.39, 0.29) is 43.1 Å². The molecule has 5 heteroatoms. The molecule has 0 saturated heterocycles. The minimum Gasteiger partial charge on any atom is -0.501 e. The van der Waals surface area contributed by atoms with E-state index in [0.29, 0.717) is 22.4 Å². The molecule has 3 aromatic heterocycles. The van der Waals surface area contributed by atoms with Crippen LogP contribution in [0, 0.1) is 25.8 Å². The molecule has 0 unspecified atom stereocenters. The summed E-state index contributed by atoms with van der Waals surface area (Å²) in [7, 11) is 0. The summed E-state index contributed by atoms with van der Waals surface area (Å²) >= 11 is 0. The van der Waals surface area contributed by atoms with E-state index in [1.807, 2.05) is 54.6 Å². The summed E-state index contributed by atoms with van der Waals surface area (Å²) in [6, 6.07) is 48.0. The van der Waals surface area contributed by atoms with E-state index in [1.165, 1.54) is 28.5 Å². The third-order valence-electron chi connectivity index (χ3n) is 10.4. The Labute approximate surface area is 366 Å². The van der Waals surface area contributed by atoms with Crippen molar-refractivity contribution < 1.29 is 34.1 Å². The van der Waals surface area contributed by atoms with Crippen LogP contribution in [0.25, 0.3) is 72.4 Å². The van der Waals surface area contributed by atoms with Gasteiger partial charge in [0.1, 0.15) is 5.58 Å². The molecule has 0 bridgehead atoms. The molecule has 3 heterocycles. The molecule has 0 aliphatic rings. The van der Waals surface area contributed by atoms with Crippen LogP contribution in [0.5, 0.6) is 0 Å². The molecular formula is C53H49IrN3O-2. The number of nitrogens with zero attached hydrogens (tertiary/aromatic N) is 3. The number of hydrogen-bond acceptors (Lipinski definition) is 3. The Morgan fingerprint density at radius 3 is 2.12 bits per heavy atom. The Morgan fingerprint density at radius 2 is 1.43 bits per heavy atom. The molecule has 58 heavy (non-hydrogen) atoms. The molecule has 0 aliphatic carbocycles. The van der Waals surface area contributed by atoms with Crippen LogP contribution in [0.15, 0.2) is 138 Å². The van der Waals surface area contributed by atoms with Crippen molar-refractivity contribution in [3.63, 3.8) is 0 Å². The topological polar surface area (TPSA) is 43.9 Å². The predicted molar refractivity (Wildman–Crippen MR) is 238 cm³/mol. The average molecular weight is 943 g/mol. The van der Waals surface area contributed by atoms with E-state index in [9.17, 15) is 0 Å². The fourth-order valence-electron chi connectivity index (χ4n) is 7.51. The summed E-state index contributed by atoms with van der Waals surface area (Å²) < 4.78 is 63.3. The molecule has 9 rings (SSSR count). The first kappa shape index (κ1) is 32.4. The largest absolute Gasteiger partial charge is 0.501 e. The van der Waals surface area contributed by atoms with Crippen molar-refractivity contribution in [1.29, 1.82) is 0 Å². The molecule has 0 atom stereocenters. The van der Waals surface area contributed by atoms with E-state index < -0.39 is 19.6 Å². The summed E-state index contributed by atoms with van der Waals surface area (Å²) in [6.07, 6.45) is 1.36. The number of rotatable bonds is 7.